The average molecular weight is 284 g/mol. The van der Waals surface area contributed by atoms with E-state index >= 15 is 0 Å². The van der Waals surface area contributed by atoms with Crippen molar-refractivity contribution in [1.29, 1.82) is 0 Å². The fraction of sp³-hybridized carbons (Fsp3) is 0.308. The Morgan fingerprint density at radius 3 is 2.83 bits per heavy atom. The molecule has 0 spiro atoms. The summed E-state index contributed by atoms with van der Waals surface area (Å²) in [6, 6.07) is 5.84. The maximum atomic E-state index is 5.71. The standard InChI is InChI=1S/C13H14ClNO2S/c1-9-3-4-11(12(5-9)16-2)17-7-13-15-10(6-14)8-18-13/h3-5,8H,6-7H2,1-2H3. The smallest absolute Gasteiger partial charge is 0.161 e. The molecular formula is C13H14ClNO2S. The molecule has 2 rings (SSSR count). The molecule has 3 nitrogen and oxygen atoms in total. The van der Waals surface area contributed by atoms with Gasteiger partial charge in [-0.1, -0.05) is 6.07 Å². The van der Waals surface area contributed by atoms with Crippen molar-refractivity contribution in [2.75, 3.05) is 7.11 Å². The van der Waals surface area contributed by atoms with Crippen LogP contribution in [0.1, 0.15) is 16.3 Å². The number of benzene rings is 1. The van der Waals surface area contributed by atoms with Gasteiger partial charge in [-0.25, -0.2) is 4.98 Å². The number of rotatable bonds is 5. The third-order valence-corrected chi connectivity index (χ3v) is 3.55. The molecule has 0 fully saturated rings. The number of hydrogen-bond acceptors (Lipinski definition) is 4. The lowest BCUT2D eigenvalue weighted by Gasteiger charge is -2.10. The van der Waals surface area contributed by atoms with Crippen LogP contribution in [0, 0.1) is 6.92 Å². The summed E-state index contributed by atoms with van der Waals surface area (Å²) >= 11 is 7.25. The SMILES string of the molecule is COc1cc(C)ccc1OCc1nc(CCl)cs1. The molecule has 5 heteroatoms. The van der Waals surface area contributed by atoms with E-state index in [1.807, 2.05) is 30.5 Å². The number of aromatic nitrogens is 1. The average Bonchev–Trinajstić information content (AvgIpc) is 2.85. The van der Waals surface area contributed by atoms with Crippen LogP contribution in [-0.2, 0) is 12.5 Å². The van der Waals surface area contributed by atoms with Crippen LogP contribution in [0.3, 0.4) is 0 Å². The molecule has 18 heavy (non-hydrogen) atoms. The van der Waals surface area contributed by atoms with Crippen molar-refractivity contribution < 1.29 is 9.47 Å². The van der Waals surface area contributed by atoms with E-state index in [0.717, 1.165) is 27.8 Å². The van der Waals surface area contributed by atoms with Crippen LogP contribution in [0.4, 0.5) is 0 Å². The molecular weight excluding hydrogens is 270 g/mol. The maximum absolute atomic E-state index is 5.71. The highest BCUT2D eigenvalue weighted by atomic mass is 35.5. The number of aryl methyl sites for hydroxylation is 1. The zero-order valence-corrected chi connectivity index (χ0v) is 11.8. The second-order valence-corrected chi connectivity index (χ2v) is 5.02. The quantitative estimate of drug-likeness (QED) is 0.783. The third-order valence-electron chi connectivity index (χ3n) is 2.41. The Balaban J connectivity index is 2.05. The number of nitrogens with zero attached hydrogens (tertiary/aromatic N) is 1. The van der Waals surface area contributed by atoms with E-state index in [0.29, 0.717) is 12.5 Å². The van der Waals surface area contributed by atoms with Crippen molar-refractivity contribution in [1.82, 2.24) is 4.98 Å². The minimum Gasteiger partial charge on any atom is -0.493 e. The van der Waals surface area contributed by atoms with Gasteiger partial charge in [0.05, 0.1) is 18.7 Å². The predicted molar refractivity (Wildman–Crippen MR) is 73.7 cm³/mol. The van der Waals surface area contributed by atoms with Gasteiger partial charge in [0.15, 0.2) is 11.5 Å². The van der Waals surface area contributed by atoms with Crippen molar-refractivity contribution in [3.63, 3.8) is 0 Å². The Kier molecular flexibility index (Phi) is 4.44. The molecule has 0 bridgehead atoms. The Hall–Kier alpha value is -1.26. The fourth-order valence-electron chi connectivity index (χ4n) is 1.51. The number of thiazole rings is 1. The van der Waals surface area contributed by atoms with E-state index in [1.54, 1.807) is 18.4 Å². The molecule has 0 amide bonds. The molecule has 0 aliphatic rings. The lowest BCUT2D eigenvalue weighted by atomic mass is 10.2. The van der Waals surface area contributed by atoms with Crippen molar-refractivity contribution in [2.45, 2.75) is 19.4 Å². The first-order valence-electron chi connectivity index (χ1n) is 5.49. The second kappa shape index (κ2) is 6.07. The minimum absolute atomic E-state index is 0.432. The topological polar surface area (TPSA) is 31.4 Å². The molecule has 0 radical (unpaired) electrons. The van der Waals surface area contributed by atoms with Crippen molar-refractivity contribution in [3.05, 3.63) is 39.8 Å². The van der Waals surface area contributed by atoms with Crippen molar-refractivity contribution in [2.24, 2.45) is 0 Å². The number of halogens is 1. The highest BCUT2D eigenvalue weighted by molar-refractivity contribution is 7.09. The molecule has 0 saturated heterocycles. The zero-order valence-electron chi connectivity index (χ0n) is 10.3. The van der Waals surface area contributed by atoms with Gasteiger partial charge >= 0.3 is 0 Å². The van der Waals surface area contributed by atoms with Crippen LogP contribution in [0.2, 0.25) is 0 Å². The van der Waals surface area contributed by atoms with E-state index in [4.69, 9.17) is 21.1 Å². The second-order valence-electron chi connectivity index (χ2n) is 3.81. The van der Waals surface area contributed by atoms with Crippen LogP contribution in [0.25, 0.3) is 0 Å². The van der Waals surface area contributed by atoms with Gasteiger partial charge in [-0.15, -0.1) is 22.9 Å². The summed E-state index contributed by atoms with van der Waals surface area (Å²) in [6.07, 6.45) is 0. The first-order valence-corrected chi connectivity index (χ1v) is 6.91. The number of ether oxygens (including phenoxy) is 2. The van der Waals surface area contributed by atoms with Crippen LogP contribution in [0.15, 0.2) is 23.6 Å². The summed E-state index contributed by atoms with van der Waals surface area (Å²) in [4.78, 5) is 4.34. The van der Waals surface area contributed by atoms with Gasteiger partial charge < -0.3 is 9.47 Å². The summed E-state index contributed by atoms with van der Waals surface area (Å²) in [6.45, 7) is 2.45. The molecule has 1 aromatic heterocycles. The third kappa shape index (κ3) is 3.15. The van der Waals surface area contributed by atoms with Crippen LogP contribution in [0.5, 0.6) is 11.5 Å². The van der Waals surface area contributed by atoms with Gasteiger partial charge in [0, 0.05) is 5.38 Å². The maximum Gasteiger partial charge on any atom is 0.161 e. The van der Waals surface area contributed by atoms with Gasteiger partial charge in [0.25, 0.3) is 0 Å². The monoisotopic (exact) mass is 283 g/mol. The Morgan fingerprint density at radius 2 is 2.17 bits per heavy atom. The molecule has 96 valence electrons. The normalized spacial score (nSPS) is 10.4. The van der Waals surface area contributed by atoms with E-state index in [2.05, 4.69) is 4.98 Å². The summed E-state index contributed by atoms with van der Waals surface area (Å²) in [5.74, 6) is 1.90. The number of alkyl halides is 1. The van der Waals surface area contributed by atoms with E-state index in [9.17, 15) is 0 Å². The minimum atomic E-state index is 0.432. The van der Waals surface area contributed by atoms with Gasteiger partial charge in [-0.2, -0.15) is 0 Å². The molecule has 1 aromatic carbocycles. The zero-order chi connectivity index (χ0) is 13.0. The summed E-state index contributed by atoms with van der Waals surface area (Å²) in [7, 11) is 1.64. The van der Waals surface area contributed by atoms with Gasteiger partial charge in [-0.05, 0) is 24.6 Å². The number of hydrogen-bond donors (Lipinski definition) is 0. The van der Waals surface area contributed by atoms with Gasteiger partial charge in [-0.3, -0.25) is 0 Å². The molecule has 1 heterocycles. The number of methoxy groups -OCH3 is 1. The molecule has 2 aromatic rings. The highest BCUT2D eigenvalue weighted by Crippen LogP contribution is 2.28. The summed E-state index contributed by atoms with van der Waals surface area (Å²) < 4.78 is 11.0. The summed E-state index contributed by atoms with van der Waals surface area (Å²) in [5.41, 5.74) is 2.02. The van der Waals surface area contributed by atoms with Crippen molar-refractivity contribution in [3.8, 4) is 11.5 Å². The Bertz CT molecular complexity index is 527. The van der Waals surface area contributed by atoms with Crippen LogP contribution >= 0.6 is 22.9 Å². The first kappa shape index (κ1) is 13.2. The van der Waals surface area contributed by atoms with Crippen LogP contribution < -0.4 is 9.47 Å². The predicted octanol–water partition coefficient (Wildman–Crippen LogP) is 3.78. The highest BCUT2D eigenvalue weighted by Gasteiger charge is 2.06. The van der Waals surface area contributed by atoms with Gasteiger partial charge in [0.2, 0.25) is 0 Å². The van der Waals surface area contributed by atoms with E-state index in [1.165, 1.54) is 0 Å². The van der Waals surface area contributed by atoms with Gasteiger partial charge in [0.1, 0.15) is 11.6 Å². The summed E-state index contributed by atoms with van der Waals surface area (Å²) in [5, 5.41) is 2.85. The molecule has 0 saturated carbocycles. The molecule has 0 atom stereocenters. The largest absolute Gasteiger partial charge is 0.493 e. The van der Waals surface area contributed by atoms with Crippen molar-refractivity contribution >= 4 is 22.9 Å². The Morgan fingerprint density at radius 1 is 1.33 bits per heavy atom. The molecule has 0 N–H and O–H groups in total. The van der Waals surface area contributed by atoms with Crippen LogP contribution in [-0.4, -0.2) is 12.1 Å². The molecule has 0 aliphatic carbocycles. The molecule has 0 aliphatic heterocycles. The first-order chi connectivity index (χ1) is 8.72. The molecule has 0 unspecified atom stereocenters. The van der Waals surface area contributed by atoms with E-state index in [-0.39, 0.29) is 0 Å². The van der Waals surface area contributed by atoms with E-state index < -0.39 is 0 Å². The Labute approximate surface area is 115 Å². The lowest BCUT2D eigenvalue weighted by molar-refractivity contribution is 0.284. The fourth-order valence-corrected chi connectivity index (χ4v) is 2.44. The lowest BCUT2D eigenvalue weighted by Crippen LogP contribution is -1.97.